The topological polar surface area (TPSA) is 29.9 Å². The van der Waals surface area contributed by atoms with Gasteiger partial charge in [0.15, 0.2) is 0 Å². The Morgan fingerprint density at radius 3 is 2.57 bits per heavy atom. The molecule has 1 heterocycles. The highest BCUT2D eigenvalue weighted by Gasteiger charge is 2.14. The van der Waals surface area contributed by atoms with Crippen molar-refractivity contribution < 1.29 is 0 Å². The maximum absolute atomic E-state index is 4.76. The molecule has 3 rings (SSSR count). The van der Waals surface area contributed by atoms with Crippen LogP contribution in [0.1, 0.15) is 31.3 Å². The summed E-state index contributed by atoms with van der Waals surface area (Å²) in [6.45, 7) is 4.34. The zero-order valence-electron chi connectivity index (χ0n) is 12.8. The molecule has 0 spiro atoms. The van der Waals surface area contributed by atoms with E-state index in [1.807, 2.05) is 6.07 Å². The summed E-state index contributed by atoms with van der Waals surface area (Å²) in [6.07, 6.45) is 1.03. The Kier molecular flexibility index (Phi) is 3.65. The van der Waals surface area contributed by atoms with E-state index >= 15 is 0 Å². The Morgan fingerprint density at radius 2 is 1.81 bits per heavy atom. The van der Waals surface area contributed by atoms with E-state index in [1.165, 1.54) is 16.8 Å². The van der Waals surface area contributed by atoms with Crippen LogP contribution in [-0.2, 0) is 13.5 Å². The van der Waals surface area contributed by atoms with Crippen LogP contribution in [0.25, 0.3) is 11.0 Å². The number of anilines is 1. The van der Waals surface area contributed by atoms with Gasteiger partial charge in [0.1, 0.15) is 5.82 Å². The monoisotopic (exact) mass is 279 g/mol. The average molecular weight is 279 g/mol. The number of aromatic nitrogens is 2. The summed E-state index contributed by atoms with van der Waals surface area (Å²) >= 11 is 0. The molecule has 1 N–H and O–H groups in total. The molecule has 1 unspecified atom stereocenters. The molecule has 3 nitrogen and oxygen atoms in total. The first-order chi connectivity index (χ1) is 10.2. The standard InChI is InChI=1S/C18H21N3/c1-4-14-9-5-6-10-15(14)19-13(2)18-20-16-11-7-8-12-17(16)21(18)3/h5-13,19H,4H2,1-3H3. The number of imidazole rings is 1. The Hall–Kier alpha value is -2.29. The molecule has 108 valence electrons. The predicted molar refractivity (Wildman–Crippen MR) is 88.6 cm³/mol. The van der Waals surface area contributed by atoms with Crippen molar-refractivity contribution in [2.45, 2.75) is 26.3 Å². The van der Waals surface area contributed by atoms with Gasteiger partial charge in [-0.3, -0.25) is 0 Å². The van der Waals surface area contributed by atoms with Crippen LogP contribution < -0.4 is 5.32 Å². The van der Waals surface area contributed by atoms with Crippen molar-refractivity contribution in [3.63, 3.8) is 0 Å². The number of fused-ring (bicyclic) bond motifs is 1. The zero-order chi connectivity index (χ0) is 14.8. The average Bonchev–Trinajstić information content (AvgIpc) is 2.85. The fourth-order valence-electron chi connectivity index (χ4n) is 2.82. The van der Waals surface area contributed by atoms with Crippen molar-refractivity contribution in [2.75, 3.05) is 5.32 Å². The number of nitrogens with one attached hydrogen (secondary N) is 1. The van der Waals surface area contributed by atoms with Gasteiger partial charge in [0, 0.05) is 12.7 Å². The predicted octanol–water partition coefficient (Wildman–Crippen LogP) is 4.31. The van der Waals surface area contributed by atoms with Crippen LogP contribution in [0.15, 0.2) is 48.5 Å². The summed E-state index contributed by atoms with van der Waals surface area (Å²) in [4.78, 5) is 4.76. The van der Waals surface area contributed by atoms with E-state index in [4.69, 9.17) is 4.98 Å². The minimum atomic E-state index is 0.162. The lowest BCUT2D eigenvalue weighted by Gasteiger charge is -2.17. The first-order valence-corrected chi connectivity index (χ1v) is 7.46. The lowest BCUT2D eigenvalue weighted by molar-refractivity contribution is 0.732. The molecule has 3 heteroatoms. The Morgan fingerprint density at radius 1 is 1.10 bits per heavy atom. The van der Waals surface area contributed by atoms with Crippen LogP contribution >= 0.6 is 0 Å². The largest absolute Gasteiger partial charge is 0.375 e. The van der Waals surface area contributed by atoms with Crippen molar-refractivity contribution in [1.82, 2.24) is 9.55 Å². The number of rotatable bonds is 4. The second-order valence-corrected chi connectivity index (χ2v) is 5.39. The molecule has 1 atom stereocenters. The van der Waals surface area contributed by atoms with Gasteiger partial charge in [-0.05, 0) is 37.1 Å². The van der Waals surface area contributed by atoms with Gasteiger partial charge in [0.25, 0.3) is 0 Å². The third-order valence-corrected chi connectivity index (χ3v) is 3.98. The van der Waals surface area contributed by atoms with Gasteiger partial charge in [-0.15, -0.1) is 0 Å². The lowest BCUT2D eigenvalue weighted by atomic mass is 10.1. The van der Waals surface area contributed by atoms with E-state index in [-0.39, 0.29) is 6.04 Å². The summed E-state index contributed by atoms with van der Waals surface area (Å²) in [6, 6.07) is 16.9. The summed E-state index contributed by atoms with van der Waals surface area (Å²) in [7, 11) is 2.08. The highest BCUT2D eigenvalue weighted by molar-refractivity contribution is 5.76. The van der Waals surface area contributed by atoms with Crippen LogP contribution in [0.4, 0.5) is 5.69 Å². The van der Waals surface area contributed by atoms with E-state index in [9.17, 15) is 0 Å². The molecule has 0 aliphatic rings. The molecular weight excluding hydrogens is 258 g/mol. The Labute approximate surface area is 125 Å². The minimum absolute atomic E-state index is 0.162. The number of aryl methyl sites for hydroxylation is 2. The zero-order valence-corrected chi connectivity index (χ0v) is 12.8. The van der Waals surface area contributed by atoms with Crippen molar-refractivity contribution >= 4 is 16.7 Å². The molecule has 0 aliphatic heterocycles. The number of benzene rings is 2. The van der Waals surface area contributed by atoms with Crippen molar-refractivity contribution in [1.29, 1.82) is 0 Å². The lowest BCUT2D eigenvalue weighted by Crippen LogP contribution is -2.13. The third-order valence-electron chi connectivity index (χ3n) is 3.98. The van der Waals surface area contributed by atoms with Crippen molar-refractivity contribution in [3.05, 3.63) is 59.9 Å². The van der Waals surface area contributed by atoms with Crippen LogP contribution in [0.3, 0.4) is 0 Å². The van der Waals surface area contributed by atoms with E-state index in [0.717, 1.165) is 17.8 Å². The van der Waals surface area contributed by atoms with Gasteiger partial charge in [-0.25, -0.2) is 4.98 Å². The molecule has 2 aromatic carbocycles. The molecule has 0 fully saturated rings. The maximum atomic E-state index is 4.76. The third kappa shape index (κ3) is 2.51. The summed E-state index contributed by atoms with van der Waals surface area (Å²) < 4.78 is 2.17. The smallest absolute Gasteiger partial charge is 0.131 e. The molecule has 0 bridgehead atoms. The molecule has 0 saturated carbocycles. The fraction of sp³-hybridized carbons (Fsp3) is 0.278. The Bertz CT molecular complexity index is 758. The first-order valence-electron chi connectivity index (χ1n) is 7.46. The first kappa shape index (κ1) is 13.7. The quantitative estimate of drug-likeness (QED) is 0.771. The van der Waals surface area contributed by atoms with Crippen LogP contribution in [0.5, 0.6) is 0 Å². The van der Waals surface area contributed by atoms with Gasteiger partial charge in [-0.1, -0.05) is 37.3 Å². The number of nitrogens with zero attached hydrogens (tertiary/aromatic N) is 2. The van der Waals surface area contributed by atoms with E-state index in [0.29, 0.717) is 0 Å². The molecule has 0 saturated heterocycles. The van der Waals surface area contributed by atoms with Crippen LogP contribution in [-0.4, -0.2) is 9.55 Å². The molecule has 3 aromatic rings. The van der Waals surface area contributed by atoms with E-state index in [2.05, 4.69) is 73.2 Å². The Balaban J connectivity index is 1.93. The highest BCUT2D eigenvalue weighted by atomic mass is 15.1. The van der Waals surface area contributed by atoms with Crippen LogP contribution in [0, 0.1) is 0 Å². The van der Waals surface area contributed by atoms with Gasteiger partial charge >= 0.3 is 0 Å². The van der Waals surface area contributed by atoms with Crippen molar-refractivity contribution in [2.24, 2.45) is 7.05 Å². The van der Waals surface area contributed by atoms with E-state index in [1.54, 1.807) is 0 Å². The number of hydrogen-bond acceptors (Lipinski definition) is 2. The second-order valence-electron chi connectivity index (χ2n) is 5.39. The normalized spacial score (nSPS) is 12.5. The summed E-state index contributed by atoms with van der Waals surface area (Å²) in [5.74, 6) is 1.06. The van der Waals surface area contributed by atoms with Crippen molar-refractivity contribution in [3.8, 4) is 0 Å². The molecule has 0 aliphatic carbocycles. The fourth-order valence-corrected chi connectivity index (χ4v) is 2.82. The molecule has 0 amide bonds. The van der Waals surface area contributed by atoms with Gasteiger partial charge < -0.3 is 9.88 Å². The second kappa shape index (κ2) is 5.60. The van der Waals surface area contributed by atoms with Gasteiger partial charge in [0.05, 0.1) is 17.1 Å². The highest BCUT2D eigenvalue weighted by Crippen LogP contribution is 2.24. The number of hydrogen-bond donors (Lipinski definition) is 1. The van der Waals surface area contributed by atoms with Gasteiger partial charge in [0.2, 0.25) is 0 Å². The molecule has 1 aromatic heterocycles. The minimum Gasteiger partial charge on any atom is -0.375 e. The summed E-state index contributed by atoms with van der Waals surface area (Å²) in [5.41, 5.74) is 4.75. The summed E-state index contributed by atoms with van der Waals surface area (Å²) in [5, 5.41) is 3.60. The molecule has 21 heavy (non-hydrogen) atoms. The van der Waals surface area contributed by atoms with E-state index < -0.39 is 0 Å². The van der Waals surface area contributed by atoms with Crippen LogP contribution in [0.2, 0.25) is 0 Å². The maximum Gasteiger partial charge on any atom is 0.131 e. The molecule has 0 radical (unpaired) electrons. The molecular formula is C18H21N3. The SMILES string of the molecule is CCc1ccccc1NC(C)c1nc2ccccc2n1C. The number of para-hydroxylation sites is 3. The van der Waals surface area contributed by atoms with Gasteiger partial charge in [-0.2, -0.15) is 0 Å².